The van der Waals surface area contributed by atoms with E-state index in [9.17, 15) is 5.11 Å². The third kappa shape index (κ3) is 4.70. The number of fused-ring (bicyclic) bond motifs is 1. The maximum absolute atomic E-state index is 10.7. The standard InChI is InChI=1S/C25H30N4O3/c30-22(15-28-11-7-21(8-12-28)29-17-26-27-18-29)16-32-24-6-5-19-3-1-2-4-23(19)25(24)20-9-13-31-14-10-20/h1-6,9,17-18,21-22,30H,7-8,10-16H2. The van der Waals surface area contributed by atoms with E-state index in [1.54, 1.807) is 12.7 Å². The molecular weight excluding hydrogens is 404 g/mol. The third-order valence-corrected chi connectivity index (χ3v) is 6.49. The van der Waals surface area contributed by atoms with Gasteiger partial charge in [0, 0.05) is 31.2 Å². The van der Waals surface area contributed by atoms with Crippen molar-refractivity contribution < 1.29 is 14.6 Å². The lowest BCUT2D eigenvalue weighted by Gasteiger charge is -2.33. The molecule has 1 atom stereocenters. The first-order valence-corrected chi connectivity index (χ1v) is 11.4. The van der Waals surface area contributed by atoms with E-state index in [0.29, 0.717) is 19.2 Å². The molecular formula is C25H30N4O3. The molecule has 0 aliphatic carbocycles. The fourth-order valence-electron chi connectivity index (χ4n) is 4.79. The summed E-state index contributed by atoms with van der Waals surface area (Å²) in [5.41, 5.74) is 2.39. The maximum atomic E-state index is 10.7. The Morgan fingerprint density at radius 2 is 1.91 bits per heavy atom. The van der Waals surface area contributed by atoms with Crippen LogP contribution in [0.4, 0.5) is 0 Å². The smallest absolute Gasteiger partial charge is 0.127 e. The molecule has 7 heteroatoms. The summed E-state index contributed by atoms with van der Waals surface area (Å²) in [6.45, 7) is 4.16. The molecule has 168 valence electrons. The molecule has 0 radical (unpaired) electrons. The summed E-state index contributed by atoms with van der Waals surface area (Å²) in [5, 5.41) is 20.9. The van der Waals surface area contributed by atoms with Crippen LogP contribution in [0.2, 0.25) is 0 Å². The molecule has 3 heterocycles. The van der Waals surface area contributed by atoms with Crippen LogP contribution in [0.5, 0.6) is 5.75 Å². The molecule has 1 saturated heterocycles. The van der Waals surface area contributed by atoms with Gasteiger partial charge in [-0.05, 0) is 41.7 Å². The number of piperidine rings is 1. The van der Waals surface area contributed by atoms with Crippen LogP contribution in [-0.2, 0) is 4.74 Å². The van der Waals surface area contributed by atoms with Gasteiger partial charge in [-0.25, -0.2) is 0 Å². The third-order valence-electron chi connectivity index (χ3n) is 6.49. The van der Waals surface area contributed by atoms with E-state index in [1.165, 1.54) is 16.3 Å². The Labute approximate surface area is 188 Å². The Kier molecular flexibility index (Phi) is 6.48. The summed E-state index contributed by atoms with van der Waals surface area (Å²) in [5.74, 6) is 0.835. The van der Waals surface area contributed by atoms with Gasteiger partial charge in [0.15, 0.2) is 0 Å². The number of aromatic nitrogens is 3. The van der Waals surface area contributed by atoms with Gasteiger partial charge in [-0.1, -0.05) is 36.4 Å². The summed E-state index contributed by atoms with van der Waals surface area (Å²) in [4.78, 5) is 2.32. The van der Waals surface area contributed by atoms with Crippen molar-refractivity contribution in [2.45, 2.75) is 31.4 Å². The lowest BCUT2D eigenvalue weighted by atomic mass is 9.94. The molecule has 1 aromatic heterocycles. The van der Waals surface area contributed by atoms with E-state index in [-0.39, 0.29) is 6.61 Å². The van der Waals surface area contributed by atoms with E-state index >= 15 is 0 Å². The van der Waals surface area contributed by atoms with Gasteiger partial charge in [-0.3, -0.25) is 0 Å². The number of nitrogens with zero attached hydrogens (tertiary/aromatic N) is 4. The zero-order valence-corrected chi connectivity index (χ0v) is 18.3. The minimum Gasteiger partial charge on any atom is -0.490 e. The molecule has 1 unspecified atom stereocenters. The minimum atomic E-state index is -0.538. The maximum Gasteiger partial charge on any atom is 0.127 e. The topological polar surface area (TPSA) is 72.6 Å². The Morgan fingerprint density at radius 1 is 1.09 bits per heavy atom. The molecule has 5 rings (SSSR count). The first-order chi connectivity index (χ1) is 15.8. The molecule has 0 bridgehead atoms. The first-order valence-electron chi connectivity index (χ1n) is 11.4. The Balaban J connectivity index is 1.23. The largest absolute Gasteiger partial charge is 0.490 e. The van der Waals surface area contributed by atoms with Crippen molar-refractivity contribution in [1.82, 2.24) is 19.7 Å². The molecule has 0 spiro atoms. The molecule has 0 saturated carbocycles. The zero-order chi connectivity index (χ0) is 21.8. The van der Waals surface area contributed by atoms with Crippen molar-refractivity contribution in [3.63, 3.8) is 0 Å². The van der Waals surface area contributed by atoms with E-state index in [2.05, 4.69) is 56.1 Å². The number of aliphatic hydroxyl groups excluding tert-OH is 1. The predicted octanol–water partition coefficient (Wildman–Crippen LogP) is 3.31. The highest BCUT2D eigenvalue weighted by atomic mass is 16.5. The van der Waals surface area contributed by atoms with Crippen LogP contribution in [0.1, 0.15) is 30.9 Å². The van der Waals surface area contributed by atoms with E-state index in [0.717, 1.165) is 50.3 Å². The summed E-state index contributed by atoms with van der Waals surface area (Å²) in [6.07, 6.45) is 8.14. The van der Waals surface area contributed by atoms with Gasteiger partial charge in [0.2, 0.25) is 0 Å². The van der Waals surface area contributed by atoms with Crippen molar-refractivity contribution in [3.05, 3.63) is 60.7 Å². The summed E-state index contributed by atoms with van der Waals surface area (Å²) in [7, 11) is 0. The van der Waals surface area contributed by atoms with Gasteiger partial charge in [-0.2, -0.15) is 0 Å². The van der Waals surface area contributed by atoms with Crippen LogP contribution in [0.3, 0.4) is 0 Å². The predicted molar refractivity (Wildman–Crippen MR) is 124 cm³/mol. The number of rotatable bonds is 7. The monoisotopic (exact) mass is 434 g/mol. The number of aliphatic hydroxyl groups is 1. The highest BCUT2D eigenvalue weighted by Gasteiger charge is 2.23. The van der Waals surface area contributed by atoms with Gasteiger partial charge in [0.05, 0.1) is 13.2 Å². The van der Waals surface area contributed by atoms with Crippen LogP contribution in [0.25, 0.3) is 16.3 Å². The van der Waals surface area contributed by atoms with Gasteiger partial charge >= 0.3 is 0 Å². The van der Waals surface area contributed by atoms with E-state index < -0.39 is 6.10 Å². The Hall–Kier alpha value is -2.74. The average molecular weight is 435 g/mol. The molecule has 7 nitrogen and oxygen atoms in total. The molecule has 1 fully saturated rings. The lowest BCUT2D eigenvalue weighted by Crippen LogP contribution is -2.41. The lowest BCUT2D eigenvalue weighted by molar-refractivity contribution is 0.0558. The highest BCUT2D eigenvalue weighted by Crippen LogP contribution is 2.36. The van der Waals surface area contributed by atoms with Crippen LogP contribution in [0.15, 0.2) is 55.1 Å². The number of hydrogen-bond acceptors (Lipinski definition) is 6. The van der Waals surface area contributed by atoms with E-state index in [1.807, 2.05) is 6.07 Å². The van der Waals surface area contributed by atoms with Crippen LogP contribution in [-0.4, -0.2) is 70.3 Å². The summed E-state index contributed by atoms with van der Waals surface area (Å²) in [6, 6.07) is 13.0. The van der Waals surface area contributed by atoms with Crippen LogP contribution in [0, 0.1) is 0 Å². The molecule has 0 amide bonds. The Bertz CT molecular complexity index is 1060. The second-order valence-electron chi connectivity index (χ2n) is 8.62. The van der Waals surface area contributed by atoms with Crippen molar-refractivity contribution in [2.75, 3.05) is 39.5 Å². The van der Waals surface area contributed by atoms with Crippen molar-refractivity contribution in [2.24, 2.45) is 0 Å². The van der Waals surface area contributed by atoms with E-state index in [4.69, 9.17) is 9.47 Å². The molecule has 2 aromatic carbocycles. The quantitative estimate of drug-likeness (QED) is 0.615. The number of likely N-dealkylation sites (tertiary alicyclic amines) is 1. The first kappa shape index (κ1) is 21.1. The summed E-state index contributed by atoms with van der Waals surface area (Å²) >= 11 is 0. The average Bonchev–Trinajstić information content (AvgIpc) is 3.38. The fourth-order valence-corrected chi connectivity index (χ4v) is 4.79. The fraction of sp³-hybridized carbons (Fsp3) is 0.440. The molecule has 3 aromatic rings. The highest BCUT2D eigenvalue weighted by molar-refractivity contribution is 5.96. The Morgan fingerprint density at radius 3 is 2.69 bits per heavy atom. The van der Waals surface area contributed by atoms with Crippen molar-refractivity contribution in [3.8, 4) is 5.75 Å². The minimum absolute atomic E-state index is 0.278. The number of hydrogen-bond donors (Lipinski definition) is 1. The second kappa shape index (κ2) is 9.81. The number of ether oxygens (including phenoxy) is 2. The summed E-state index contributed by atoms with van der Waals surface area (Å²) < 4.78 is 13.8. The van der Waals surface area contributed by atoms with Gasteiger partial charge in [0.25, 0.3) is 0 Å². The SMILES string of the molecule is OC(COc1ccc2ccccc2c1C1=CCOCC1)CN1CCC(n2cnnc2)CC1. The molecule has 1 N–H and O–H groups in total. The van der Waals surface area contributed by atoms with Crippen LogP contribution >= 0.6 is 0 Å². The molecule has 2 aliphatic rings. The van der Waals surface area contributed by atoms with Crippen molar-refractivity contribution in [1.29, 1.82) is 0 Å². The number of benzene rings is 2. The van der Waals surface area contributed by atoms with Crippen molar-refractivity contribution >= 4 is 16.3 Å². The second-order valence-corrected chi connectivity index (χ2v) is 8.62. The normalized spacial score (nSPS) is 19.1. The van der Waals surface area contributed by atoms with Gasteiger partial charge in [-0.15, -0.1) is 10.2 Å². The van der Waals surface area contributed by atoms with Crippen LogP contribution < -0.4 is 4.74 Å². The zero-order valence-electron chi connectivity index (χ0n) is 18.3. The van der Waals surface area contributed by atoms with Gasteiger partial charge < -0.3 is 24.0 Å². The molecule has 32 heavy (non-hydrogen) atoms. The van der Waals surface area contributed by atoms with Gasteiger partial charge in [0.1, 0.15) is 31.1 Å². The number of β-amino-alcohol motifs (C(OH)–C–C–N with tert-alkyl or cyclic N) is 1. The molecule has 2 aliphatic heterocycles.